The van der Waals surface area contributed by atoms with Crippen molar-refractivity contribution < 1.29 is 4.79 Å². The van der Waals surface area contributed by atoms with Crippen LogP contribution < -0.4 is 11.1 Å². The minimum Gasteiger partial charge on any atom is -0.356 e. The molecule has 1 saturated heterocycles. The molecule has 0 spiro atoms. The molecule has 1 atom stereocenters. The van der Waals surface area contributed by atoms with Gasteiger partial charge < -0.3 is 16.0 Å². The van der Waals surface area contributed by atoms with Gasteiger partial charge in [-0.05, 0) is 20.5 Å². The third-order valence-corrected chi connectivity index (χ3v) is 4.05. The molecular weight excluding hydrogens is 266 g/mol. The van der Waals surface area contributed by atoms with Crippen LogP contribution >= 0.6 is 0 Å². The maximum absolute atomic E-state index is 11.8. The van der Waals surface area contributed by atoms with Crippen LogP contribution in [0, 0.1) is 0 Å². The lowest BCUT2D eigenvalue weighted by Crippen LogP contribution is -2.54. The average Bonchev–Trinajstić information content (AvgIpc) is 2.49. The summed E-state index contributed by atoms with van der Waals surface area (Å²) in [5.74, 6) is 0.127. The zero-order valence-electron chi connectivity index (χ0n) is 14.0. The summed E-state index contributed by atoms with van der Waals surface area (Å²) in [6, 6.07) is 0.179. The van der Waals surface area contributed by atoms with E-state index in [0.717, 1.165) is 52.2 Å². The SMILES string of the molecule is CCCNC(=O)CC(CN)N1CCN(CCN(C)C)CC1. The Morgan fingerprint density at radius 1 is 1.29 bits per heavy atom. The minimum atomic E-state index is 0.127. The lowest BCUT2D eigenvalue weighted by Gasteiger charge is -2.39. The molecule has 3 N–H and O–H groups in total. The summed E-state index contributed by atoms with van der Waals surface area (Å²) >= 11 is 0. The second-order valence-corrected chi connectivity index (χ2v) is 6.12. The number of nitrogens with two attached hydrogens (primary N) is 1. The van der Waals surface area contributed by atoms with E-state index in [2.05, 4.69) is 41.0 Å². The van der Waals surface area contributed by atoms with Crippen molar-refractivity contribution in [2.45, 2.75) is 25.8 Å². The molecule has 0 aromatic rings. The predicted molar refractivity (Wildman–Crippen MR) is 87.3 cm³/mol. The highest BCUT2D eigenvalue weighted by Crippen LogP contribution is 2.09. The Balaban J connectivity index is 2.31. The van der Waals surface area contributed by atoms with Crippen LogP contribution in [0.15, 0.2) is 0 Å². The number of nitrogens with one attached hydrogen (secondary N) is 1. The molecule has 0 saturated carbocycles. The molecule has 1 fully saturated rings. The van der Waals surface area contributed by atoms with E-state index < -0.39 is 0 Å². The number of hydrogen-bond donors (Lipinski definition) is 2. The summed E-state index contributed by atoms with van der Waals surface area (Å²) in [6.45, 7) is 9.75. The van der Waals surface area contributed by atoms with Crippen LogP contribution in [0.1, 0.15) is 19.8 Å². The Kier molecular flexibility index (Phi) is 8.84. The van der Waals surface area contributed by atoms with Gasteiger partial charge in [-0.2, -0.15) is 0 Å². The van der Waals surface area contributed by atoms with Gasteiger partial charge in [0.05, 0.1) is 0 Å². The van der Waals surface area contributed by atoms with Crippen LogP contribution in [0.2, 0.25) is 0 Å². The third kappa shape index (κ3) is 7.22. The van der Waals surface area contributed by atoms with Crippen molar-refractivity contribution in [1.29, 1.82) is 0 Å². The molecule has 0 radical (unpaired) electrons. The Labute approximate surface area is 129 Å². The van der Waals surface area contributed by atoms with E-state index in [1.165, 1.54) is 0 Å². The van der Waals surface area contributed by atoms with Crippen LogP contribution in [-0.4, -0.2) is 93.1 Å². The van der Waals surface area contributed by atoms with E-state index >= 15 is 0 Å². The van der Waals surface area contributed by atoms with Gasteiger partial charge in [0, 0.05) is 64.8 Å². The zero-order valence-corrected chi connectivity index (χ0v) is 14.0. The normalized spacial score (nSPS) is 18.9. The highest BCUT2D eigenvalue weighted by atomic mass is 16.1. The lowest BCUT2D eigenvalue weighted by molar-refractivity contribution is -0.122. The molecule has 1 aliphatic rings. The van der Waals surface area contributed by atoms with Crippen molar-refractivity contribution in [1.82, 2.24) is 20.0 Å². The van der Waals surface area contributed by atoms with Crippen LogP contribution in [0.3, 0.4) is 0 Å². The number of carbonyl (C=O) groups is 1. The first-order valence-corrected chi connectivity index (χ1v) is 8.14. The Hall–Kier alpha value is -0.690. The van der Waals surface area contributed by atoms with E-state index in [9.17, 15) is 4.79 Å². The number of rotatable bonds is 9. The first kappa shape index (κ1) is 18.4. The molecule has 1 amide bonds. The summed E-state index contributed by atoms with van der Waals surface area (Å²) in [7, 11) is 4.21. The molecule has 21 heavy (non-hydrogen) atoms. The Morgan fingerprint density at radius 3 is 2.48 bits per heavy atom. The summed E-state index contributed by atoms with van der Waals surface area (Å²) < 4.78 is 0. The van der Waals surface area contributed by atoms with Gasteiger partial charge in [-0.1, -0.05) is 6.92 Å². The van der Waals surface area contributed by atoms with Crippen molar-refractivity contribution >= 4 is 5.91 Å². The Morgan fingerprint density at radius 2 is 1.95 bits per heavy atom. The predicted octanol–water partition coefficient (Wildman–Crippen LogP) is -0.591. The maximum atomic E-state index is 11.8. The molecule has 0 bridgehead atoms. The van der Waals surface area contributed by atoms with Crippen molar-refractivity contribution in [2.24, 2.45) is 5.73 Å². The van der Waals surface area contributed by atoms with E-state index in [-0.39, 0.29) is 11.9 Å². The van der Waals surface area contributed by atoms with E-state index in [4.69, 9.17) is 5.73 Å². The molecule has 1 rings (SSSR count). The molecule has 1 aliphatic heterocycles. The molecule has 1 heterocycles. The molecule has 6 heteroatoms. The molecule has 0 aromatic heterocycles. The highest BCUT2D eigenvalue weighted by molar-refractivity contribution is 5.76. The van der Waals surface area contributed by atoms with Crippen molar-refractivity contribution in [2.75, 3.05) is 66.5 Å². The van der Waals surface area contributed by atoms with Gasteiger partial charge in [-0.3, -0.25) is 14.6 Å². The van der Waals surface area contributed by atoms with Gasteiger partial charge in [-0.15, -0.1) is 0 Å². The van der Waals surface area contributed by atoms with Crippen LogP contribution in [0.4, 0.5) is 0 Å². The summed E-state index contributed by atoms with van der Waals surface area (Å²) in [5, 5.41) is 2.94. The van der Waals surface area contributed by atoms with Gasteiger partial charge in [0.1, 0.15) is 0 Å². The van der Waals surface area contributed by atoms with Gasteiger partial charge in [-0.25, -0.2) is 0 Å². The topological polar surface area (TPSA) is 64.8 Å². The zero-order chi connectivity index (χ0) is 15.7. The monoisotopic (exact) mass is 299 g/mol. The fourth-order valence-electron chi connectivity index (χ4n) is 2.61. The quantitative estimate of drug-likeness (QED) is 0.596. The number of nitrogens with zero attached hydrogens (tertiary/aromatic N) is 3. The molecule has 1 unspecified atom stereocenters. The van der Waals surface area contributed by atoms with Crippen molar-refractivity contribution in [3.8, 4) is 0 Å². The second kappa shape index (κ2) is 10.1. The fourth-order valence-corrected chi connectivity index (χ4v) is 2.61. The number of amides is 1. The standard InChI is InChI=1S/C15H33N5O/c1-4-5-17-15(21)12-14(13-16)20-10-8-19(9-11-20)7-6-18(2)3/h14H,4-13,16H2,1-3H3,(H,17,21). The van der Waals surface area contributed by atoms with Gasteiger partial charge in [0.25, 0.3) is 0 Å². The van der Waals surface area contributed by atoms with Gasteiger partial charge >= 0.3 is 0 Å². The third-order valence-electron chi connectivity index (χ3n) is 4.05. The molecule has 6 nitrogen and oxygen atoms in total. The van der Waals surface area contributed by atoms with Crippen molar-refractivity contribution in [3.63, 3.8) is 0 Å². The van der Waals surface area contributed by atoms with E-state index in [1.54, 1.807) is 0 Å². The number of likely N-dealkylation sites (N-methyl/N-ethyl adjacent to an activating group) is 1. The summed E-state index contributed by atoms with van der Waals surface area (Å²) in [6.07, 6.45) is 1.50. The summed E-state index contributed by atoms with van der Waals surface area (Å²) in [5.41, 5.74) is 5.87. The highest BCUT2D eigenvalue weighted by Gasteiger charge is 2.24. The number of carbonyl (C=O) groups excluding carboxylic acids is 1. The molecule has 124 valence electrons. The largest absolute Gasteiger partial charge is 0.356 e. The molecular formula is C15H33N5O. The average molecular weight is 299 g/mol. The van der Waals surface area contributed by atoms with Crippen LogP contribution in [0.5, 0.6) is 0 Å². The fraction of sp³-hybridized carbons (Fsp3) is 0.933. The summed E-state index contributed by atoms with van der Waals surface area (Å²) in [4.78, 5) is 18.9. The maximum Gasteiger partial charge on any atom is 0.221 e. The minimum absolute atomic E-state index is 0.127. The Bertz CT molecular complexity index is 290. The lowest BCUT2D eigenvalue weighted by atomic mass is 10.1. The van der Waals surface area contributed by atoms with E-state index in [1.807, 2.05) is 0 Å². The first-order chi connectivity index (χ1) is 10.1. The van der Waals surface area contributed by atoms with Crippen LogP contribution in [-0.2, 0) is 4.79 Å². The van der Waals surface area contributed by atoms with Gasteiger partial charge in [0.15, 0.2) is 0 Å². The number of hydrogen-bond acceptors (Lipinski definition) is 5. The van der Waals surface area contributed by atoms with Crippen molar-refractivity contribution in [3.05, 3.63) is 0 Å². The second-order valence-electron chi connectivity index (χ2n) is 6.12. The van der Waals surface area contributed by atoms with E-state index in [0.29, 0.717) is 13.0 Å². The first-order valence-electron chi connectivity index (χ1n) is 8.14. The van der Waals surface area contributed by atoms with Crippen LogP contribution in [0.25, 0.3) is 0 Å². The molecule has 0 aliphatic carbocycles. The smallest absolute Gasteiger partial charge is 0.221 e. The van der Waals surface area contributed by atoms with Gasteiger partial charge in [0.2, 0.25) is 5.91 Å². The number of piperazine rings is 1. The molecule has 0 aromatic carbocycles.